The van der Waals surface area contributed by atoms with Crippen molar-refractivity contribution in [2.45, 2.75) is 31.2 Å². The molecule has 0 unspecified atom stereocenters. The molecule has 2 N–H and O–H groups in total. The first-order chi connectivity index (χ1) is 12.9. The third kappa shape index (κ3) is 3.18. The summed E-state index contributed by atoms with van der Waals surface area (Å²) in [6.07, 6.45) is 1.46. The Morgan fingerprint density at radius 1 is 1.19 bits per heavy atom. The second-order valence-corrected chi connectivity index (χ2v) is 7.76. The summed E-state index contributed by atoms with van der Waals surface area (Å²) in [5.41, 5.74) is 9.21. The Morgan fingerprint density at radius 2 is 1.93 bits per heavy atom. The fraction of sp³-hybridized carbons (Fsp3) is 0.364. The predicted molar refractivity (Wildman–Crippen MR) is 107 cm³/mol. The van der Waals surface area contributed by atoms with E-state index in [0.29, 0.717) is 24.2 Å². The number of benzene rings is 2. The fourth-order valence-electron chi connectivity index (χ4n) is 4.13. The smallest absolute Gasteiger partial charge is 0.231 e. The highest BCUT2D eigenvalue weighted by Gasteiger charge is 2.53. The van der Waals surface area contributed by atoms with Crippen molar-refractivity contribution in [2.24, 2.45) is 16.6 Å². The molecule has 0 aromatic heterocycles. The maximum absolute atomic E-state index is 12.2. The molecule has 1 saturated carbocycles. The van der Waals surface area contributed by atoms with Gasteiger partial charge in [0.05, 0.1) is 19.1 Å². The molecule has 5 heteroatoms. The fourth-order valence-corrected chi connectivity index (χ4v) is 4.13. The van der Waals surface area contributed by atoms with E-state index >= 15 is 0 Å². The first-order valence-electron chi connectivity index (χ1n) is 9.27. The van der Waals surface area contributed by atoms with Gasteiger partial charge in [0.15, 0.2) is 5.96 Å². The Labute approximate surface area is 159 Å². The molecule has 2 aromatic rings. The van der Waals surface area contributed by atoms with Crippen LogP contribution in [0, 0.1) is 5.92 Å². The molecule has 2 aromatic carbocycles. The molecule has 0 spiro atoms. The van der Waals surface area contributed by atoms with Crippen LogP contribution >= 0.6 is 0 Å². The number of methoxy groups -OCH3 is 1. The van der Waals surface area contributed by atoms with Gasteiger partial charge in [0.25, 0.3) is 0 Å². The van der Waals surface area contributed by atoms with Crippen molar-refractivity contribution in [3.63, 3.8) is 0 Å². The van der Waals surface area contributed by atoms with E-state index in [2.05, 4.69) is 48.3 Å². The Kier molecular flexibility index (Phi) is 4.17. The van der Waals surface area contributed by atoms with Crippen LogP contribution in [0.25, 0.3) is 11.1 Å². The quantitative estimate of drug-likeness (QED) is 0.905. The largest absolute Gasteiger partial charge is 0.497 e. The molecular formula is C22H25N3O2. The maximum atomic E-state index is 12.2. The summed E-state index contributed by atoms with van der Waals surface area (Å²) in [6, 6.07) is 16.7. The number of carbonyl (C=O) groups excluding carboxylic acids is 1. The van der Waals surface area contributed by atoms with Crippen molar-refractivity contribution in [3.8, 4) is 16.9 Å². The lowest BCUT2D eigenvalue weighted by atomic mass is 9.87. The predicted octanol–water partition coefficient (Wildman–Crippen LogP) is 3.40. The number of amides is 1. The summed E-state index contributed by atoms with van der Waals surface area (Å²) < 4.78 is 5.24. The summed E-state index contributed by atoms with van der Waals surface area (Å²) in [7, 11) is 3.36. The zero-order valence-corrected chi connectivity index (χ0v) is 16.0. The minimum absolute atomic E-state index is 0.0441. The second-order valence-electron chi connectivity index (χ2n) is 7.76. The van der Waals surface area contributed by atoms with E-state index in [1.165, 1.54) is 16.0 Å². The first kappa shape index (κ1) is 17.6. The van der Waals surface area contributed by atoms with Crippen LogP contribution in [0.15, 0.2) is 53.5 Å². The Hall–Kier alpha value is -2.82. The SMILES string of the molecule is COc1ccc(-c2cccc([C@@H]3C[C@H]3[C@]3(C)CC(=O)N(C)C(N)=N3)c2)cc1. The molecule has 3 atom stereocenters. The van der Waals surface area contributed by atoms with E-state index < -0.39 is 5.54 Å². The van der Waals surface area contributed by atoms with Crippen LogP contribution in [-0.4, -0.2) is 36.5 Å². The van der Waals surface area contributed by atoms with Crippen LogP contribution in [0.1, 0.15) is 31.2 Å². The molecule has 140 valence electrons. The number of carbonyl (C=O) groups is 1. The number of nitrogens with zero attached hydrogens (tertiary/aromatic N) is 2. The zero-order valence-electron chi connectivity index (χ0n) is 16.0. The van der Waals surface area contributed by atoms with Gasteiger partial charge in [-0.25, -0.2) is 4.99 Å². The van der Waals surface area contributed by atoms with Gasteiger partial charge in [0.1, 0.15) is 5.75 Å². The maximum Gasteiger partial charge on any atom is 0.231 e. The standard InChI is InChI=1S/C22H25N3O2/c1-22(13-20(26)25(2)21(23)24-22)19-12-18(19)16-6-4-5-15(11-16)14-7-9-17(27-3)10-8-14/h4-11,18-19H,12-13H2,1-3H3,(H2,23,24)/t18-,19+,22-/m0/s1. The summed E-state index contributed by atoms with van der Waals surface area (Å²) in [4.78, 5) is 18.4. The molecule has 1 fully saturated rings. The first-order valence-corrected chi connectivity index (χ1v) is 9.27. The topological polar surface area (TPSA) is 67.9 Å². The zero-order chi connectivity index (χ0) is 19.2. The summed E-state index contributed by atoms with van der Waals surface area (Å²) in [5.74, 6) is 1.99. The van der Waals surface area contributed by atoms with Crippen molar-refractivity contribution in [2.75, 3.05) is 14.2 Å². The Balaban J connectivity index is 1.56. The second kappa shape index (κ2) is 6.41. The van der Waals surface area contributed by atoms with Crippen molar-refractivity contribution in [3.05, 3.63) is 54.1 Å². The number of guanidine groups is 1. The van der Waals surface area contributed by atoms with Gasteiger partial charge in [-0.3, -0.25) is 9.69 Å². The van der Waals surface area contributed by atoms with Gasteiger partial charge in [-0.2, -0.15) is 0 Å². The number of nitrogens with two attached hydrogens (primary N) is 1. The summed E-state index contributed by atoms with van der Waals surface area (Å²) in [5, 5.41) is 0. The third-order valence-corrected chi connectivity index (χ3v) is 5.92. The van der Waals surface area contributed by atoms with Crippen LogP contribution in [0.3, 0.4) is 0 Å². The highest BCUT2D eigenvalue weighted by atomic mass is 16.5. The van der Waals surface area contributed by atoms with Crippen LogP contribution in [0.2, 0.25) is 0 Å². The van der Waals surface area contributed by atoms with Crippen LogP contribution in [0.4, 0.5) is 0 Å². The molecule has 0 saturated heterocycles. The minimum atomic E-state index is -0.408. The van der Waals surface area contributed by atoms with E-state index in [-0.39, 0.29) is 5.91 Å². The lowest BCUT2D eigenvalue weighted by Gasteiger charge is -2.33. The van der Waals surface area contributed by atoms with E-state index in [0.717, 1.165) is 17.7 Å². The molecule has 5 nitrogen and oxygen atoms in total. The molecule has 4 rings (SSSR count). The van der Waals surface area contributed by atoms with Crippen molar-refractivity contribution < 1.29 is 9.53 Å². The van der Waals surface area contributed by atoms with E-state index in [1.54, 1.807) is 14.2 Å². The van der Waals surface area contributed by atoms with Crippen LogP contribution in [0.5, 0.6) is 5.75 Å². The number of hydrogen-bond donors (Lipinski definition) is 1. The van der Waals surface area contributed by atoms with Crippen molar-refractivity contribution >= 4 is 11.9 Å². The van der Waals surface area contributed by atoms with Gasteiger partial charge in [-0.05, 0) is 54.0 Å². The van der Waals surface area contributed by atoms with Crippen molar-refractivity contribution in [1.82, 2.24) is 4.90 Å². The number of rotatable bonds is 4. The molecule has 1 aliphatic carbocycles. The normalized spacial score (nSPS) is 27.3. The van der Waals surface area contributed by atoms with Gasteiger partial charge < -0.3 is 10.5 Å². The average molecular weight is 363 g/mol. The monoisotopic (exact) mass is 363 g/mol. The van der Waals surface area contributed by atoms with Gasteiger partial charge in [-0.15, -0.1) is 0 Å². The van der Waals surface area contributed by atoms with Crippen LogP contribution in [-0.2, 0) is 4.79 Å². The molecule has 27 heavy (non-hydrogen) atoms. The van der Waals surface area contributed by atoms with Gasteiger partial charge in [0.2, 0.25) is 5.91 Å². The summed E-state index contributed by atoms with van der Waals surface area (Å²) in [6.45, 7) is 2.06. The van der Waals surface area contributed by atoms with Gasteiger partial charge in [0, 0.05) is 7.05 Å². The lowest BCUT2D eigenvalue weighted by Crippen LogP contribution is -2.49. The molecule has 0 bridgehead atoms. The number of hydrogen-bond acceptors (Lipinski definition) is 4. The molecule has 0 radical (unpaired) electrons. The lowest BCUT2D eigenvalue weighted by molar-refractivity contribution is -0.128. The Morgan fingerprint density at radius 3 is 2.59 bits per heavy atom. The molecule has 1 aliphatic heterocycles. The molecular weight excluding hydrogens is 338 g/mol. The number of ether oxygens (including phenoxy) is 1. The molecule has 1 heterocycles. The molecule has 2 aliphatic rings. The highest BCUT2D eigenvalue weighted by molar-refractivity contribution is 5.98. The van der Waals surface area contributed by atoms with E-state index in [9.17, 15) is 4.79 Å². The highest BCUT2D eigenvalue weighted by Crippen LogP contribution is 2.56. The van der Waals surface area contributed by atoms with Crippen molar-refractivity contribution in [1.29, 1.82) is 0 Å². The van der Waals surface area contributed by atoms with Gasteiger partial charge >= 0.3 is 0 Å². The van der Waals surface area contributed by atoms with E-state index in [1.807, 2.05) is 12.1 Å². The third-order valence-electron chi connectivity index (χ3n) is 5.92. The van der Waals surface area contributed by atoms with Gasteiger partial charge in [-0.1, -0.05) is 36.4 Å². The average Bonchev–Trinajstić information content (AvgIpc) is 3.48. The van der Waals surface area contributed by atoms with Crippen LogP contribution < -0.4 is 10.5 Å². The molecule has 1 amide bonds. The Bertz CT molecular complexity index is 906. The van der Waals surface area contributed by atoms with E-state index in [4.69, 9.17) is 10.5 Å². The number of aliphatic imine (C=N–C) groups is 1. The summed E-state index contributed by atoms with van der Waals surface area (Å²) >= 11 is 0. The minimum Gasteiger partial charge on any atom is -0.497 e.